The molecule has 2 rings (SSSR count). The summed E-state index contributed by atoms with van der Waals surface area (Å²) in [6.07, 6.45) is 7.29. The summed E-state index contributed by atoms with van der Waals surface area (Å²) in [4.78, 5) is 22.8. The molecule has 1 aliphatic rings. The van der Waals surface area contributed by atoms with Gasteiger partial charge in [0, 0.05) is 5.92 Å². The minimum absolute atomic E-state index is 0.00819. The van der Waals surface area contributed by atoms with Gasteiger partial charge in [-0.05, 0) is 24.5 Å². The molecule has 1 unspecified atom stereocenters. The lowest BCUT2D eigenvalue weighted by molar-refractivity contribution is -0.125. The van der Waals surface area contributed by atoms with Crippen molar-refractivity contribution in [2.45, 2.75) is 52.0 Å². The van der Waals surface area contributed by atoms with E-state index in [1.54, 1.807) is 6.07 Å². The first-order valence-electron chi connectivity index (χ1n) is 7.66. The molecule has 116 valence electrons. The maximum absolute atomic E-state index is 12.1. The van der Waals surface area contributed by atoms with Gasteiger partial charge in [0.1, 0.15) is 5.76 Å². The van der Waals surface area contributed by atoms with Crippen LogP contribution in [0.5, 0.6) is 0 Å². The number of carboxylic acid groups (broad SMARTS) is 1. The molecule has 21 heavy (non-hydrogen) atoms. The summed E-state index contributed by atoms with van der Waals surface area (Å²) in [5, 5.41) is 11.6. The third kappa shape index (κ3) is 4.62. The van der Waals surface area contributed by atoms with E-state index < -0.39 is 5.97 Å². The maximum atomic E-state index is 12.1. The number of rotatable bonds is 6. The molecular weight excluding hydrogens is 270 g/mol. The average molecular weight is 293 g/mol. The molecule has 5 heteroatoms. The number of carboxylic acids is 1. The first kappa shape index (κ1) is 15.6. The average Bonchev–Trinajstić information content (AvgIpc) is 2.95. The van der Waals surface area contributed by atoms with Gasteiger partial charge in [0.2, 0.25) is 11.7 Å². The molecule has 1 aliphatic carbocycles. The summed E-state index contributed by atoms with van der Waals surface area (Å²) in [5.41, 5.74) is 0. The molecule has 0 bridgehead atoms. The van der Waals surface area contributed by atoms with E-state index in [2.05, 4.69) is 5.32 Å². The standard InChI is InChI=1S/C16H23NO4/c1-11(9-12-5-3-2-4-6-12)15(18)17-10-13-7-8-14(21-13)16(19)20/h7-8,11-12H,2-6,9-10H2,1H3,(H,17,18)(H,19,20). The number of furan rings is 1. The minimum atomic E-state index is -1.10. The van der Waals surface area contributed by atoms with Gasteiger partial charge < -0.3 is 14.8 Å². The molecule has 1 atom stereocenters. The van der Waals surface area contributed by atoms with Crippen molar-refractivity contribution in [1.29, 1.82) is 0 Å². The normalized spacial score (nSPS) is 17.4. The van der Waals surface area contributed by atoms with E-state index in [-0.39, 0.29) is 24.1 Å². The Bertz CT molecular complexity index is 488. The molecule has 0 aliphatic heterocycles. The topological polar surface area (TPSA) is 79.5 Å². The van der Waals surface area contributed by atoms with Crippen LogP contribution in [0.1, 0.15) is 61.8 Å². The fourth-order valence-electron chi connectivity index (χ4n) is 2.97. The highest BCUT2D eigenvalue weighted by Gasteiger charge is 2.21. The van der Waals surface area contributed by atoms with Crippen molar-refractivity contribution in [2.24, 2.45) is 11.8 Å². The van der Waals surface area contributed by atoms with Crippen LogP contribution in [-0.2, 0) is 11.3 Å². The SMILES string of the molecule is CC(CC1CCCCC1)C(=O)NCc1ccc(C(=O)O)o1. The summed E-state index contributed by atoms with van der Waals surface area (Å²) in [6, 6.07) is 2.98. The molecule has 1 saturated carbocycles. The Morgan fingerprint density at radius 3 is 2.67 bits per heavy atom. The Morgan fingerprint density at radius 2 is 2.05 bits per heavy atom. The summed E-state index contributed by atoms with van der Waals surface area (Å²) in [7, 11) is 0. The van der Waals surface area contributed by atoms with Gasteiger partial charge in [-0.3, -0.25) is 4.79 Å². The van der Waals surface area contributed by atoms with Crippen LogP contribution >= 0.6 is 0 Å². The van der Waals surface area contributed by atoms with Crippen LogP contribution in [0, 0.1) is 11.8 Å². The smallest absolute Gasteiger partial charge is 0.371 e. The Labute approximate surface area is 124 Å². The first-order chi connectivity index (χ1) is 10.1. The second kappa shape index (κ2) is 7.29. The molecule has 1 amide bonds. The number of carbonyl (C=O) groups is 2. The zero-order valence-corrected chi connectivity index (χ0v) is 12.4. The largest absolute Gasteiger partial charge is 0.475 e. The van der Waals surface area contributed by atoms with E-state index in [4.69, 9.17) is 9.52 Å². The van der Waals surface area contributed by atoms with Gasteiger partial charge in [-0.15, -0.1) is 0 Å². The Hall–Kier alpha value is -1.78. The van der Waals surface area contributed by atoms with Crippen molar-refractivity contribution in [2.75, 3.05) is 0 Å². The summed E-state index contributed by atoms with van der Waals surface area (Å²) in [6.45, 7) is 2.19. The number of carbonyl (C=O) groups excluding carboxylic acids is 1. The van der Waals surface area contributed by atoms with Crippen LogP contribution in [0.3, 0.4) is 0 Å². The lowest BCUT2D eigenvalue weighted by Gasteiger charge is -2.24. The lowest BCUT2D eigenvalue weighted by Crippen LogP contribution is -2.30. The molecule has 1 fully saturated rings. The van der Waals surface area contributed by atoms with Crippen molar-refractivity contribution < 1.29 is 19.1 Å². The van der Waals surface area contributed by atoms with Gasteiger partial charge >= 0.3 is 5.97 Å². The first-order valence-corrected chi connectivity index (χ1v) is 7.66. The quantitative estimate of drug-likeness (QED) is 0.844. The number of hydrogen-bond acceptors (Lipinski definition) is 3. The second-order valence-corrected chi connectivity index (χ2v) is 5.93. The van der Waals surface area contributed by atoms with Gasteiger partial charge in [-0.25, -0.2) is 4.79 Å². The predicted octanol–water partition coefficient (Wildman–Crippen LogP) is 3.20. The van der Waals surface area contributed by atoms with Crippen molar-refractivity contribution in [1.82, 2.24) is 5.32 Å². The molecule has 0 aromatic carbocycles. The maximum Gasteiger partial charge on any atom is 0.371 e. The molecular formula is C16H23NO4. The van der Waals surface area contributed by atoms with Crippen molar-refractivity contribution in [3.8, 4) is 0 Å². The molecule has 1 aromatic heterocycles. The van der Waals surface area contributed by atoms with Crippen LogP contribution in [0.2, 0.25) is 0 Å². The van der Waals surface area contributed by atoms with E-state index in [1.165, 1.54) is 38.2 Å². The zero-order chi connectivity index (χ0) is 15.2. The summed E-state index contributed by atoms with van der Waals surface area (Å²) >= 11 is 0. The molecule has 0 spiro atoms. The van der Waals surface area contributed by atoms with E-state index in [0.717, 1.165) is 6.42 Å². The minimum Gasteiger partial charge on any atom is -0.475 e. The molecule has 5 nitrogen and oxygen atoms in total. The van der Waals surface area contributed by atoms with Gasteiger partial charge in [0.05, 0.1) is 6.54 Å². The lowest BCUT2D eigenvalue weighted by atomic mass is 9.83. The second-order valence-electron chi connectivity index (χ2n) is 5.93. The van der Waals surface area contributed by atoms with E-state index in [0.29, 0.717) is 11.7 Å². The predicted molar refractivity (Wildman–Crippen MR) is 77.9 cm³/mol. The van der Waals surface area contributed by atoms with Crippen molar-refractivity contribution in [3.05, 3.63) is 23.7 Å². The molecule has 1 heterocycles. The summed E-state index contributed by atoms with van der Waals surface area (Å²) < 4.78 is 5.11. The van der Waals surface area contributed by atoms with Crippen LogP contribution in [-0.4, -0.2) is 17.0 Å². The fourth-order valence-corrected chi connectivity index (χ4v) is 2.97. The highest BCUT2D eigenvalue weighted by atomic mass is 16.4. The van der Waals surface area contributed by atoms with Crippen LogP contribution in [0.4, 0.5) is 0 Å². The van der Waals surface area contributed by atoms with E-state index in [1.807, 2.05) is 6.92 Å². The zero-order valence-electron chi connectivity index (χ0n) is 12.4. The Morgan fingerprint density at radius 1 is 1.33 bits per heavy atom. The fraction of sp³-hybridized carbons (Fsp3) is 0.625. The number of aromatic carboxylic acids is 1. The molecule has 1 aromatic rings. The number of hydrogen-bond donors (Lipinski definition) is 2. The highest BCUT2D eigenvalue weighted by molar-refractivity contribution is 5.84. The van der Waals surface area contributed by atoms with E-state index in [9.17, 15) is 9.59 Å². The Kier molecular flexibility index (Phi) is 5.42. The summed E-state index contributed by atoms with van der Waals surface area (Å²) in [5.74, 6) is -0.0732. The van der Waals surface area contributed by atoms with E-state index >= 15 is 0 Å². The third-order valence-electron chi connectivity index (χ3n) is 4.17. The highest BCUT2D eigenvalue weighted by Crippen LogP contribution is 2.29. The third-order valence-corrected chi connectivity index (χ3v) is 4.17. The van der Waals surface area contributed by atoms with Crippen molar-refractivity contribution in [3.63, 3.8) is 0 Å². The molecule has 0 radical (unpaired) electrons. The number of amides is 1. The van der Waals surface area contributed by atoms with Crippen LogP contribution in [0.15, 0.2) is 16.5 Å². The van der Waals surface area contributed by atoms with Crippen LogP contribution in [0.25, 0.3) is 0 Å². The number of nitrogens with one attached hydrogen (secondary N) is 1. The van der Waals surface area contributed by atoms with Crippen molar-refractivity contribution >= 4 is 11.9 Å². The molecule has 2 N–H and O–H groups in total. The monoisotopic (exact) mass is 293 g/mol. The Balaban J connectivity index is 1.76. The van der Waals surface area contributed by atoms with Gasteiger partial charge in [-0.2, -0.15) is 0 Å². The van der Waals surface area contributed by atoms with Gasteiger partial charge in [-0.1, -0.05) is 39.0 Å². The molecule has 0 saturated heterocycles. The van der Waals surface area contributed by atoms with Crippen LogP contribution < -0.4 is 5.32 Å². The van der Waals surface area contributed by atoms with Gasteiger partial charge in [0.15, 0.2) is 0 Å². The van der Waals surface area contributed by atoms with Gasteiger partial charge in [0.25, 0.3) is 0 Å².